The number of nitrogens with two attached hydrogens (primary N) is 1. The molecule has 1 aromatic carbocycles. The molecule has 0 bridgehead atoms. The number of benzene rings is 1. The molecule has 0 amide bonds. The van der Waals surface area contributed by atoms with Crippen LogP contribution in [0.3, 0.4) is 0 Å². The fourth-order valence-corrected chi connectivity index (χ4v) is 3.40. The van der Waals surface area contributed by atoms with Crippen molar-refractivity contribution in [3.63, 3.8) is 0 Å². The molecule has 24 heavy (non-hydrogen) atoms. The van der Waals surface area contributed by atoms with Gasteiger partial charge in [-0.2, -0.15) is 5.26 Å². The van der Waals surface area contributed by atoms with Gasteiger partial charge in [0.1, 0.15) is 17.6 Å². The van der Waals surface area contributed by atoms with Crippen molar-refractivity contribution >= 4 is 17.2 Å². The molecule has 0 saturated carbocycles. The first-order valence-corrected chi connectivity index (χ1v) is 8.61. The molecule has 1 fully saturated rings. The average molecular weight is 323 g/mol. The molecule has 2 N–H and O–H groups in total. The Labute approximate surface area is 143 Å². The second kappa shape index (κ2) is 6.88. The van der Waals surface area contributed by atoms with E-state index in [4.69, 9.17) is 5.73 Å². The second-order valence-electron chi connectivity index (χ2n) is 6.36. The number of hydrogen-bond acceptors (Lipinski definition) is 4. The summed E-state index contributed by atoms with van der Waals surface area (Å²) in [4.78, 5) is 4.72. The van der Waals surface area contributed by atoms with E-state index in [1.807, 2.05) is 12.1 Å². The van der Waals surface area contributed by atoms with Gasteiger partial charge in [-0.05, 0) is 31.5 Å². The zero-order chi connectivity index (χ0) is 17.1. The lowest BCUT2D eigenvalue weighted by Gasteiger charge is -2.38. The molecule has 2 aromatic rings. The van der Waals surface area contributed by atoms with Crippen LogP contribution >= 0.6 is 0 Å². The summed E-state index contributed by atoms with van der Waals surface area (Å²) in [6.07, 6.45) is 0.972. The van der Waals surface area contributed by atoms with Crippen molar-refractivity contribution < 1.29 is 0 Å². The molecule has 1 saturated heterocycles. The standard InChI is InChI=1S/C19H25N5/c1-3-15(2)24-17(14-20)13-18(21)19(24)23-11-9-22(10-12-23)16-7-5-4-6-8-16/h4-8,13,15H,3,9-12,21H2,1-2H3/t15-/m1/s1. The van der Waals surface area contributed by atoms with Crippen molar-refractivity contribution in [2.75, 3.05) is 41.7 Å². The maximum absolute atomic E-state index is 9.44. The zero-order valence-electron chi connectivity index (χ0n) is 14.4. The summed E-state index contributed by atoms with van der Waals surface area (Å²) in [5, 5.41) is 9.44. The lowest BCUT2D eigenvalue weighted by atomic mass is 10.2. The van der Waals surface area contributed by atoms with E-state index in [-0.39, 0.29) is 6.04 Å². The number of aromatic nitrogens is 1. The number of piperazine rings is 1. The van der Waals surface area contributed by atoms with Crippen LogP contribution in [-0.4, -0.2) is 30.7 Å². The van der Waals surface area contributed by atoms with E-state index in [0.717, 1.165) is 38.4 Å². The fourth-order valence-electron chi connectivity index (χ4n) is 3.40. The van der Waals surface area contributed by atoms with Gasteiger partial charge in [-0.3, -0.25) is 0 Å². The van der Waals surface area contributed by atoms with Crippen LogP contribution in [0.2, 0.25) is 0 Å². The van der Waals surface area contributed by atoms with Gasteiger partial charge in [0, 0.05) is 37.9 Å². The maximum Gasteiger partial charge on any atom is 0.133 e. The highest BCUT2D eigenvalue weighted by molar-refractivity contribution is 5.69. The predicted octanol–water partition coefficient (Wildman–Crippen LogP) is 3.24. The Balaban J connectivity index is 1.82. The molecule has 126 valence electrons. The lowest BCUT2D eigenvalue weighted by Crippen LogP contribution is -2.47. The molecule has 3 rings (SSSR count). The van der Waals surface area contributed by atoms with Gasteiger partial charge in [-0.25, -0.2) is 0 Å². The SMILES string of the molecule is CC[C@@H](C)n1c(C#N)cc(N)c1N1CCN(c2ccccc2)CC1. The smallest absolute Gasteiger partial charge is 0.133 e. The molecular formula is C19H25N5. The van der Waals surface area contributed by atoms with Gasteiger partial charge in [0.2, 0.25) is 0 Å². The largest absolute Gasteiger partial charge is 0.396 e. The predicted molar refractivity (Wildman–Crippen MR) is 99.4 cm³/mol. The van der Waals surface area contributed by atoms with E-state index in [0.29, 0.717) is 11.4 Å². The van der Waals surface area contributed by atoms with Gasteiger partial charge in [-0.1, -0.05) is 25.1 Å². The Morgan fingerprint density at radius 2 is 1.75 bits per heavy atom. The highest BCUT2D eigenvalue weighted by atomic mass is 15.3. The van der Waals surface area contributed by atoms with Crippen molar-refractivity contribution in [3.8, 4) is 6.07 Å². The minimum absolute atomic E-state index is 0.263. The molecular weight excluding hydrogens is 298 g/mol. The Morgan fingerprint density at radius 1 is 1.12 bits per heavy atom. The third-order valence-electron chi connectivity index (χ3n) is 4.88. The van der Waals surface area contributed by atoms with Crippen LogP contribution in [-0.2, 0) is 0 Å². The number of nitriles is 1. The first-order valence-electron chi connectivity index (χ1n) is 8.61. The van der Waals surface area contributed by atoms with Crippen molar-refractivity contribution in [2.24, 2.45) is 0 Å². The number of para-hydroxylation sites is 1. The number of nitrogen functional groups attached to an aromatic ring is 1. The summed E-state index contributed by atoms with van der Waals surface area (Å²) in [6.45, 7) is 8.01. The number of anilines is 3. The highest BCUT2D eigenvalue weighted by Crippen LogP contribution is 2.33. The molecule has 0 unspecified atom stereocenters. The Morgan fingerprint density at radius 3 is 2.33 bits per heavy atom. The van der Waals surface area contributed by atoms with Crippen LogP contribution in [0, 0.1) is 11.3 Å². The van der Waals surface area contributed by atoms with Crippen LogP contribution in [0.15, 0.2) is 36.4 Å². The number of hydrogen-bond donors (Lipinski definition) is 1. The van der Waals surface area contributed by atoms with Crippen LogP contribution in [0.5, 0.6) is 0 Å². The van der Waals surface area contributed by atoms with Gasteiger partial charge < -0.3 is 20.1 Å². The molecule has 5 heteroatoms. The van der Waals surface area contributed by atoms with E-state index in [9.17, 15) is 5.26 Å². The minimum atomic E-state index is 0.263. The fraction of sp³-hybridized carbons (Fsp3) is 0.421. The monoisotopic (exact) mass is 323 g/mol. The van der Waals surface area contributed by atoms with Crippen LogP contribution in [0.1, 0.15) is 32.0 Å². The minimum Gasteiger partial charge on any atom is -0.396 e. The zero-order valence-corrected chi connectivity index (χ0v) is 14.4. The summed E-state index contributed by atoms with van der Waals surface area (Å²) in [5.41, 5.74) is 8.89. The van der Waals surface area contributed by atoms with Crippen molar-refractivity contribution in [2.45, 2.75) is 26.3 Å². The molecule has 1 aromatic heterocycles. The quantitative estimate of drug-likeness (QED) is 0.938. The molecule has 5 nitrogen and oxygen atoms in total. The first kappa shape index (κ1) is 16.3. The van der Waals surface area contributed by atoms with Gasteiger partial charge in [0.25, 0.3) is 0 Å². The van der Waals surface area contributed by atoms with E-state index in [2.05, 4.69) is 58.5 Å². The first-order chi connectivity index (χ1) is 11.7. The van der Waals surface area contributed by atoms with Gasteiger partial charge in [-0.15, -0.1) is 0 Å². The highest BCUT2D eigenvalue weighted by Gasteiger charge is 2.25. The third kappa shape index (κ3) is 2.92. The van der Waals surface area contributed by atoms with Crippen molar-refractivity contribution in [3.05, 3.63) is 42.1 Å². The summed E-state index contributed by atoms with van der Waals surface area (Å²) in [5.74, 6) is 1.01. The van der Waals surface area contributed by atoms with Gasteiger partial charge >= 0.3 is 0 Å². The molecule has 1 aliphatic rings. The Bertz CT molecular complexity index is 720. The Hall–Kier alpha value is -2.61. The second-order valence-corrected chi connectivity index (χ2v) is 6.36. The van der Waals surface area contributed by atoms with Gasteiger partial charge in [0.15, 0.2) is 0 Å². The summed E-state index contributed by atoms with van der Waals surface area (Å²) in [6, 6.07) is 14.9. The van der Waals surface area contributed by atoms with Crippen LogP contribution < -0.4 is 15.5 Å². The van der Waals surface area contributed by atoms with Crippen molar-refractivity contribution in [1.82, 2.24) is 4.57 Å². The summed E-state index contributed by atoms with van der Waals surface area (Å²) < 4.78 is 2.10. The van der Waals surface area contributed by atoms with Gasteiger partial charge in [0.05, 0.1) is 5.69 Å². The molecule has 0 radical (unpaired) electrons. The van der Waals surface area contributed by atoms with E-state index in [1.165, 1.54) is 5.69 Å². The summed E-state index contributed by atoms with van der Waals surface area (Å²) in [7, 11) is 0. The topological polar surface area (TPSA) is 61.2 Å². The van der Waals surface area contributed by atoms with E-state index in [1.54, 1.807) is 0 Å². The molecule has 0 spiro atoms. The normalized spacial score (nSPS) is 16.0. The number of rotatable bonds is 4. The Kier molecular flexibility index (Phi) is 4.66. The molecule has 1 aliphatic heterocycles. The summed E-state index contributed by atoms with van der Waals surface area (Å²) >= 11 is 0. The van der Waals surface area contributed by atoms with E-state index >= 15 is 0 Å². The molecule has 0 aliphatic carbocycles. The van der Waals surface area contributed by atoms with Crippen LogP contribution in [0.25, 0.3) is 0 Å². The van der Waals surface area contributed by atoms with E-state index < -0.39 is 0 Å². The third-order valence-corrected chi connectivity index (χ3v) is 4.88. The van der Waals surface area contributed by atoms with Crippen molar-refractivity contribution in [1.29, 1.82) is 5.26 Å². The lowest BCUT2D eigenvalue weighted by molar-refractivity contribution is 0.517. The maximum atomic E-state index is 9.44. The van der Waals surface area contributed by atoms with Crippen LogP contribution in [0.4, 0.5) is 17.2 Å². The molecule has 2 heterocycles. The molecule has 1 atom stereocenters. The number of nitrogens with zero attached hydrogens (tertiary/aromatic N) is 4. The average Bonchev–Trinajstić information content (AvgIpc) is 2.98.